The first kappa shape index (κ1) is 9.99. The first-order chi connectivity index (χ1) is 7.31. The van der Waals surface area contributed by atoms with E-state index in [0.717, 1.165) is 5.56 Å². The molecule has 0 amide bonds. The minimum absolute atomic E-state index is 0.400. The molecule has 0 fully saturated rings. The summed E-state index contributed by atoms with van der Waals surface area (Å²) in [6, 6.07) is 10.4. The van der Waals surface area contributed by atoms with E-state index in [2.05, 4.69) is 31.2 Å². The summed E-state index contributed by atoms with van der Waals surface area (Å²) < 4.78 is 5.07. The van der Waals surface area contributed by atoms with E-state index >= 15 is 0 Å². The van der Waals surface area contributed by atoms with E-state index in [1.807, 2.05) is 6.07 Å². The minimum atomic E-state index is 0.400. The van der Waals surface area contributed by atoms with Gasteiger partial charge in [0.05, 0.1) is 12.5 Å². The molecule has 2 heteroatoms. The summed E-state index contributed by atoms with van der Waals surface area (Å²) in [6.45, 7) is 2.81. The van der Waals surface area contributed by atoms with Crippen LogP contribution in [-0.4, -0.2) is 6.54 Å². The topological polar surface area (TPSA) is 39.2 Å². The van der Waals surface area contributed by atoms with E-state index < -0.39 is 0 Å². The molecular formula is C13H15NO. The van der Waals surface area contributed by atoms with Crippen LogP contribution in [0.25, 0.3) is 11.1 Å². The molecule has 1 aromatic heterocycles. The molecule has 1 unspecified atom stereocenters. The Labute approximate surface area is 89.7 Å². The molecule has 0 spiro atoms. The Morgan fingerprint density at radius 1 is 1.27 bits per heavy atom. The molecule has 1 aromatic carbocycles. The molecule has 0 bridgehead atoms. The Kier molecular flexibility index (Phi) is 2.88. The van der Waals surface area contributed by atoms with Gasteiger partial charge in [-0.05, 0) is 29.7 Å². The average Bonchev–Trinajstić information content (AvgIpc) is 2.82. The van der Waals surface area contributed by atoms with Crippen molar-refractivity contribution in [2.75, 3.05) is 6.54 Å². The first-order valence-corrected chi connectivity index (χ1v) is 5.14. The van der Waals surface area contributed by atoms with Crippen molar-refractivity contribution in [2.24, 2.45) is 5.73 Å². The fraction of sp³-hybridized carbons (Fsp3) is 0.231. The highest BCUT2D eigenvalue weighted by atomic mass is 16.3. The molecular weight excluding hydrogens is 186 g/mol. The molecule has 0 radical (unpaired) electrons. The lowest BCUT2D eigenvalue weighted by molar-refractivity contribution is 0.568. The van der Waals surface area contributed by atoms with Crippen LogP contribution in [0.5, 0.6) is 0 Å². The normalized spacial score (nSPS) is 12.7. The van der Waals surface area contributed by atoms with Gasteiger partial charge >= 0.3 is 0 Å². The lowest BCUT2D eigenvalue weighted by Crippen LogP contribution is -2.08. The Bertz CT molecular complexity index is 420. The third-order valence-corrected chi connectivity index (χ3v) is 2.66. The minimum Gasteiger partial charge on any atom is -0.472 e. The van der Waals surface area contributed by atoms with Crippen LogP contribution in [-0.2, 0) is 0 Å². The second-order valence-corrected chi connectivity index (χ2v) is 3.77. The molecule has 0 aliphatic rings. The number of benzene rings is 1. The van der Waals surface area contributed by atoms with Gasteiger partial charge in [-0.3, -0.25) is 0 Å². The molecule has 78 valence electrons. The summed E-state index contributed by atoms with van der Waals surface area (Å²) in [4.78, 5) is 0. The van der Waals surface area contributed by atoms with Crippen molar-refractivity contribution in [3.63, 3.8) is 0 Å². The number of rotatable bonds is 3. The van der Waals surface area contributed by atoms with Gasteiger partial charge in [-0.15, -0.1) is 0 Å². The van der Waals surface area contributed by atoms with Crippen molar-refractivity contribution in [3.05, 3.63) is 48.4 Å². The Morgan fingerprint density at radius 2 is 2.13 bits per heavy atom. The molecule has 2 aromatic rings. The summed E-state index contributed by atoms with van der Waals surface area (Å²) in [5, 5.41) is 0. The third kappa shape index (κ3) is 2.10. The van der Waals surface area contributed by atoms with E-state index in [9.17, 15) is 0 Å². The average molecular weight is 201 g/mol. The van der Waals surface area contributed by atoms with Crippen molar-refractivity contribution in [3.8, 4) is 11.1 Å². The van der Waals surface area contributed by atoms with Crippen molar-refractivity contribution < 1.29 is 4.42 Å². The quantitative estimate of drug-likeness (QED) is 0.829. The molecule has 0 aliphatic carbocycles. The van der Waals surface area contributed by atoms with Gasteiger partial charge in [0.1, 0.15) is 0 Å². The smallest absolute Gasteiger partial charge is 0.0980 e. The number of hydrogen-bond donors (Lipinski definition) is 1. The second kappa shape index (κ2) is 4.32. The van der Waals surface area contributed by atoms with Gasteiger partial charge in [-0.25, -0.2) is 0 Å². The van der Waals surface area contributed by atoms with E-state index in [1.54, 1.807) is 12.5 Å². The van der Waals surface area contributed by atoms with Gasteiger partial charge in [0.2, 0.25) is 0 Å². The molecule has 15 heavy (non-hydrogen) atoms. The summed E-state index contributed by atoms with van der Waals surface area (Å²) >= 11 is 0. The number of hydrogen-bond acceptors (Lipinski definition) is 2. The highest BCUT2D eigenvalue weighted by molar-refractivity contribution is 5.62. The van der Waals surface area contributed by atoms with Gasteiger partial charge in [0.15, 0.2) is 0 Å². The number of nitrogens with two attached hydrogens (primary N) is 1. The molecule has 1 heterocycles. The lowest BCUT2D eigenvalue weighted by Gasteiger charge is -2.09. The highest BCUT2D eigenvalue weighted by Gasteiger charge is 2.05. The summed E-state index contributed by atoms with van der Waals surface area (Å²) in [6.07, 6.45) is 3.45. The van der Waals surface area contributed by atoms with Crippen molar-refractivity contribution in [1.29, 1.82) is 0 Å². The maximum Gasteiger partial charge on any atom is 0.0980 e. The van der Waals surface area contributed by atoms with Crippen molar-refractivity contribution >= 4 is 0 Å². The van der Waals surface area contributed by atoms with E-state index in [1.165, 1.54) is 11.1 Å². The van der Waals surface area contributed by atoms with Crippen LogP contribution in [0.3, 0.4) is 0 Å². The van der Waals surface area contributed by atoms with Crippen LogP contribution in [0, 0.1) is 0 Å². The van der Waals surface area contributed by atoms with E-state index in [4.69, 9.17) is 10.2 Å². The van der Waals surface area contributed by atoms with Gasteiger partial charge < -0.3 is 10.2 Å². The summed E-state index contributed by atoms with van der Waals surface area (Å²) in [5.41, 5.74) is 9.22. The second-order valence-electron chi connectivity index (χ2n) is 3.77. The summed E-state index contributed by atoms with van der Waals surface area (Å²) in [5.74, 6) is 0.400. The first-order valence-electron chi connectivity index (χ1n) is 5.14. The fourth-order valence-electron chi connectivity index (χ4n) is 1.59. The Balaban J connectivity index is 2.35. The zero-order valence-corrected chi connectivity index (χ0v) is 8.81. The highest BCUT2D eigenvalue weighted by Crippen LogP contribution is 2.23. The third-order valence-electron chi connectivity index (χ3n) is 2.66. The standard InChI is InChI=1S/C13H15NO/c1-10(8-14)11-3-2-4-12(7-11)13-5-6-15-9-13/h2-7,9-10H,8,14H2,1H3. The van der Waals surface area contributed by atoms with Gasteiger partial charge in [0.25, 0.3) is 0 Å². The molecule has 0 saturated carbocycles. The van der Waals surface area contributed by atoms with Crippen molar-refractivity contribution in [1.82, 2.24) is 0 Å². The van der Waals surface area contributed by atoms with Gasteiger partial charge in [-0.1, -0.05) is 31.2 Å². The van der Waals surface area contributed by atoms with Crippen LogP contribution in [0.1, 0.15) is 18.4 Å². The number of furan rings is 1. The van der Waals surface area contributed by atoms with Crippen LogP contribution in [0.4, 0.5) is 0 Å². The predicted octanol–water partition coefficient (Wildman–Crippen LogP) is 3.01. The van der Waals surface area contributed by atoms with Crippen LogP contribution in [0.2, 0.25) is 0 Å². The molecule has 2 rings (SSSR count). The lowest BCUT2D eigenvalue weighted by atomic mass is 9.97. The molecule has 2 N–H and O–H groups in total. The SMILES string of the molecule is CC(CN)c1cccc(-c2ccoc2)c1. The van der Waals surface area contributed by atoms with Crippen LogP contribution < -0.4 is 5.73 Å². The molecule has 0 saturated heterocycles. The van der Waals surface area contributed by atoms with Crippen LogP contribution >= 0.6 is 0 Å². The maximum atomic E-state index is 5.65. The zero-order chi connectivity index (χ0) is 10.7. The zero-order valence-electron chi connectivity index (χ0n) is 8.81. The molecule has 1 atom stereocenters. The van der Waals surface area contributed by atoms with Gasteiger partial charge in [0, 0.05) is 5.56 Å². The Hall–Kier alpha value is -1.54. The predicted molar refractivity (Wildman–Crippen MR) is 61.6 cm³/mol. The Morgan fingerprint density at radius 3 is 2.80 bits per heavy atom. The largest absolute Gasteiger partial charge is 0.472 e. The summed E-state index contributed by atoms with van der Waals surface area (Å²) in [7, 11) is 0. The van der Waals surface area contributed by atoms with E-state index in [-0.39, 0.29) is 0 Å². The molecule has 2 nitrogen and oxygen atoms in total. The fourth-order valence-corrected chi connectivity index (χ4v) is 1.59. The monoisotopic (exact) mass is 201 g/mol. The van der Waals surface area contributed by atoms with E-state index in [0.29, 0.717) is 12.5 Å². The van der Waals surface area contributed by atoms with Crippen molar-refractivity contribution in [2.45, 2.75) is 12.8 Å². The maximum absolute atomic E-state index is 5.65. The van der Waals surface area contributed by atoms with Gasteiger partial charge in [-0.2, -0.15) is 0 Å². The molecule has 0 aliphatic heterocycles. The van der Waals surface area contributed by atoms with Crippen LogP contribution in [0.15, 0.2) is 47.3 Å².